The summed E-state index contributed by atoms with van der Waals surface area (Å²) < 4.78 is 12.7. The molecule has 0 spiro atoms. The molecule has 57 heavy (non-hydrogen) atoms. The fraction of sp³-hybridized carbons (Fsp3) is 0. The highest BCUT2D eigenvalue weighted by Crippen LogP contribution is 2.40. The van der Waals surface area contributed by atoms with Crippen LogP contribution >= 0.6 is 0 Å². The molecule has 10 aromatic rings. The first kappa shape index (κ1) is 33.8. The van der Waals surface area contributed by atoms with Gasteiger partial charge in [0.05, 0.1) is 0 Å². The van der Waals surface area contributed by atoms with Crippen LogP contribution in [0.1, 0.15) is 0 Å². The Morgan fingerprint density at radius 1 is 0.368 bits per heavy atom. The molecule has 4 nitrogen and oxygen atoms in total. The Morgan fingerprint density at radius 3 is 1.60 bits per heavy atom. The number of para-hydroxylation sites is 4. The quantitative estimate of drug-likeness (QED) is 0.148. The molecule has 0 amide bonds. The van der Waals surface area contributed by atoms with Crippen LogP contribution in [0.25, 0.3) is 66.7 Å². The molecule has 1 heterocycles. The van der Waals surface area contributed by atoms with E-state index in [-0.39, 0.29) is 0 Å². The lowest BCUT2D eigenvalue weighted by atomic mass is 9.95. The van der Waals surface area contributed by atoms with Gasteiger partial charge in [-0.25, -0.2) is 4.98 Å². The van der Waals surface area contributed by atoms with Gasteiger partial charge >= 0.3 is 0 Å². The predicted octanol–water partition coefficient (Wildman–Crippen LogP) is 14.9. The second-order valence-corrected chi connectivity index (χ2v) is 13.9. The first-order valence-corrected chi connectivity index (χ1v) is 19.1. The lowest BCUT2D eigenvalue weighted by Crippen LogP contribution is -2.09. The minimum absolute atomic E-state index is 0.623. The zero-order valence-corrected chi connectivity index (χ0v) is 31.0. The van der Waals surface area contributed by atoms with E-state index in [9.17, 15) is 0 Å². The van der Waals surface area contributed by atoms with Crippen molar-refractivity contribution in [2.45, 2.75) is 0 Å². The Balaban J connectivity index is 0.915. The van der Waals surface area contributed by atoms with Crippen molar-refractivity contribution in [1.29, 1.82) is 0 Å². The minimum atomic E-state index is 0.623. The van der Waals surface area contributed by atoms with Gasteiger partial charge in [-0.1, -0.05) is 146 Å². The Bertz CT molecular complexity index is 2920. The molecule has 0 fully saturated rings. The Kier molecular flexibility index (Phi) is 8.82. The van der Waals surface area contributed by atoms with Crippen molar-refractivity contribution >= 4 is 38.9 Å². The Morgan fingerprint density at radius 2 is 0.877 bits per heavy atom. The van der Waals surface area contributed by atoms with Crippen molar-refractivity contribution in [2.75, 3.05) is 4.90 Å². The van der Waals surface area contributed by atoms with Gasteiger partial charge in [0.15, 0.2) is 5.58 Å². The molecule has 0 aliphatic heterocycles. The van der Waals surface area contributed by atoms with Crippen molar-refractivity contribution in [1.82, 2.24) is 4.98 Å². The lowest BCUT2D eigenvalue weighted by Gasteiger charge is -2.26. The van der Waals surface area contributed by atoms with E-state index in [0.717, 1.165) is 78.3 Å². The molecule has 270 valence electrons. The van der Waals surface area contributed by atoms with Crippen LogP contribution in [0, 0.1) is 0 Å². The number of hydrogen-bond donors (Lipinski definition) is 0. The van der Waals surface area contributed by atoms with Crippen molar-refractivity contribution in [3.05, 3.63) is 218 Å². The number of anilines is 3. The number of nitrogens with zero attached hydrogens (tertiary/aromatic N) is 2. The van der Waals surface area contributed by atoms with Gasteiger partial charge in [0.1, 0.15) is 17.0 Å². The molecule has 0 aliphatic rings. The van der Waals surface area contributed by atoms with Crippen molar-refractivity contribution in [3.63, 3.8) is 0 Å². The normalized spacial score (nSPS) is 11.2. The zero-order valence-electron chi connectivity index (χ0n) is 31.0. The van der Waals surface area contributed by atoms with Gasteiger partial charge in [0.2, 0.25) is 5.89 Å². The van der Waals surface area contributed by atoms with E-state index < -0.39 is 0 Å². The highest BCUT2D eigenvalue weighted by molar-refractivity contribution is 6.04. The SMILES string of the molecule is c1ccc(-c2ccc(N(c3ccccc3)c3ccc(-c4ccccc4Oc4ccc(-c5ccc(-c6nc7ccccc7o6)c6ccccc56)cc4)cc3)cc2)cc1. The van der Waals surface area contributed by atoms with Gasteiger partial charge in [-0.3, -0.25) is 0 Å². The average molecular weight is 733 g/mol. The summed E-state index contributed by atoms with van der Waals surface area (Å²) in [6.07, 6.45) is 0. The standard InChI is InChI=1S/C53H36N2O2/c1-3-13-37(14-4-1)38-23-29-42(30-24-38)55(41-15-5-2-6-16-41)43-31-25-40(26-32-43)46-17-9-11-21-51(46)56-44-33-27-39(28-34-44)45-35-36-49(48-19-8-7-18-47(45)48)53-54-50-20-10-12-22-52(50)57-53/h1-36H. The third kappa shape index (κ3) is 6.70. The van der Waals surface area contributed by atoms with Crippen molar-refractivity contribution < 1.29 is 9.15 Å². The highest BCUT2D eigenvalue weighted by Gasteiger charge is 2.16. The number of hydrogen-bond acceptors (Lipinski definition) is 4. The molecule has 0 saturated carbocycles. The Hall–Kier alpha value is -7.69. The third-order valence-corrected chi connectivity index (χ3v) is 10.4. The summed E-state index contributed by atoms with van der Waals surface area (Å²) in [4.78, 5) is 7.07. The second kappa shape index (κ2) is 14.9. The number of oxazole rings is 1. The predicted molar refractivity (Wildman–Crippen MR) is 234 cm³/mol. The molecule has 0 aliphatic carbocycles. The van der Waals surface area contributed by atoms with Crippen LogP contribution < -0.4 is 9.64 Å². The molecule has 0 N–H and O–H groups in total. The van der Waals surface area contributed by atoms with Gasteiger partial charge in [0, 0.05) is 28.2 Å². The monoisotopic (exact) mass is 732 g/mol. The first-order valence-electron chi connectivity index (χ1n) is 19.1. The average Bonchev–Trinajstić information content (AvgIpc) is 3.72. The number of rotatable bonds is 9. The van der Waals surface area contributed by atoms with Crippen molar-refractivity contribution in [3.8, 4) is 56.3 Å². The van der Waals surface area contributed by atoms with Gasteiger partial charge in [-0.15, -0.1) is 0 Å². The van der Waals surface area contributed by atoms with Gasteiger partial charge < -0.3 is 14.1 Å². The molecule has 9 aromatic carbocycles. The van der Waals surface area contributed by atoms with Crippen LogP contribution in [0.5, 0.6) is 11.5 Å². The third-order valence-electron chi connectivity index (χ3n) is 10.4. The van der Waals surface area contributed by atoms with Crippen LogP contribution in [0.15, 0.2) is 223 Å². The van der Waals surface area contributed by atoms with Crippen LogP contribution in [-0.4, -0.2) is 4.98 Å². The van der Waals surface area contributed by atoms with E-state index in [4.69, 9.17) is 14.1 Å². The van der Waals surface area contributed by atoms with Gasteiger partial charge in [-0.05, 0) is 111 Å². The molecular formula is C53H36N2O2. The molecule has 0 atom stereocenters. The molecule has 10 rings (SSSR count). The number of ether oxygens (including phenoxy) is 1. The number of fused-ring (bicyclic) bond motifs is 2. The van der Waals surface area contributed by atoms with Gasteiger partial charge in [0.25, 0.3) is 0 Å². The summed E-state index contributed by atoms with van der Waals surface area (Å²) >= 11 is 0. The van der Waals surface area contributed by atoms with E-state index in [1.807, 2.05) is 54.6 Å². The maximum atomic E-state index is 6.58. The van der Waals surface area contributed by atoms with E-state index in [2.05, 4.69) is 169 Å². The number of aromatic nitrogens is 1. The summed E-state index contributed by atoms with van der Waals surface area (Å²) in [5, 5.41) is 2.23. The van der Waals surface area contributed by atoms with Crippen LogP contribution in [0.3, 0.4) is 0 Å². The fourth-order valence-corrected chi connectivity index (χ4v) is 7.60. The van der Waals surface area contributed by atoms with Gasteiger partial charge in [-0.2, -0.15) is 0 Å². The molecule has 0 unspecified atom stereocenters. The summed E-state index contributed by atoms with van der Waals surface area (Å²) in [6, 6.07) is 75.5. The zero-order chi connectivity index (χ0) is 38.0. The molecular weight excluding hydrogens is 697 g/mol. The van der Waals surface area contributed by atoms with E-state index >= 15 is 0 Å². The maximum Gasteiger partial charge on any atom is 0.227 e. The van der Waals surface area contributed by atoms with Crippen LogP contribution in [0.2, 0.25) is 0 Å². The summed E-state index contributed by atoms with van der Waals surface area (Å²) in [6.45, 7) is 0. The largest absolute Gasteiger partial charge is 0.457 e. The Labute approximate surface area is 331 Å². The summed E-state index contributed by atoms with van der Waals surface area (Å²) in [7, 11) is 0. The first-order chi connectivity index (χ1) is 28.2. The molecule has 0 radical (unpaired) electrons. The summed E-state index contributed by atoms with van der Waals surface area (Å²) in [5.74, 6) is 2.19. The highest BCUT2D eigenvalue weighted by atomic mass is 16.5. The molecule has 1 aromatic heterocycles. The lowest BCUT2D eigenvalue weighted by molar-refractivity contribution is 0.484. The number of benzene rings is 9. The molecule has 4 heteroatoms. The minimum Gasteiger partial charge on any atom is -0.457 e. The summed E-state index contributed by atoms with van der Waals surface area (Å²) in [5.41, 5.74) is 12.6. The molecule has 0 bridgehead atoms. The molecule has 0 saturated heterocycles. The smallest absolute Gasteiger partial charge is 0.227 e. The fourth-order valence-electron chi connectivity index (χ4n) is 7.60. The van der Waals surface area contributed by atoms with Crippen LogP contribution in [0.4, 0.5) is 17.1 Å². The van der Waals surface area contributed by atoms with E-state index in [1.54, 1.807) is 0 Å². The maximum absolute atomic E-state index is 6.58. The second-order valence-electron chi connectivity index (χ2n) is 13.9. The topological polar surface area (TPSA) is 38.5 Å². The van der Waals surface area contributed by atoms with E-state index in [0.29, 0.717) is 5.89 Å². The van der Waals surface area contributed by atoms with E-state index in [1.165, 1.54) is 11.1 Å². The van der Waals surface area contributed by atoms with Crippen LogP contribution in [-0.2, 0) is 0 Å². The van der Waals surface area contributed by atoms with Crippen molar-refractivity contribution in [2.24, 2.45) is 0 Å².